The molecule has 0 bridgehead atoms. The summed E-state index contributed by atoms with van der Waals surface area (Å²) in [5, 5.41) is 11.5. The highest BCUT2D eigenvalue weighted by Crippen LogP contribution is 2.26. The van der Waals surface area contributed by atoms with E-state index in [9.17, 15) is 4.79 Å². The van der Waals surface area contributed by atoms with Gasteiger partial charge in [0.2, 0.25) is 0 Å². The van der Waals surface area contributed by atoms with E-state index in [0.717, 1.165) is 27.7 Å². The first-order valence-electron chi connectivity index (χ1n) is 11.2. The Morgan fingerprint density at radius 2 is 1.81 bits per heavy atom. The number of benzene rings is 3. The Hall–Kier alpha value is -4.75. The van der Waals surface area contributed by atoms with E-state index in [1.807, 2.05) is 72.9 Å². The molecule has 0 radical (unpaired) electrons. The second kappa shape index (κ2) is 9.13. The van der Waals surface area contributed by atoms with Crippen LogP contribution in [-0.2, 0) is 0 Å². The van der Waals surface area contributed by atoms with Crippen molar-refractivity contribution in [1.29, 1.82) is 0 Å². The Balaban J connectivity index is 1.43. The third kappa shape index (κ3) is 4.12. The van der Waals surface area contributed by atoms with Crippen molar-refractivity contribution in [1.82, 2.24) is 14.8 Å². The first kappa shape index (κ1) is 21.8. The zero-order chi connectivity index (χ0) is 24.5. The van der Waals surface area contributed by atoms with Crippen LogP contribution in [0, 0.1) is 0 Å². The third-order valence-corrected chi connectivity index (χ3v) is 5.99. The number of nitrogens with zero attached hydrogens (tertiary/aromatic N) is 4. The van der Waals surface area contributed by atoms with Gasteiger partial charge in [-0.05, 0) is 48.5 Å². The fraction of sp³-hybridized carbons (Fsp3) is 0. The third-order valence-electron chi connectivity index (χ3n) is 5.75. The number of hydrazone groups is 1. The molecule has 0 aliphatic rings. The number of aromatic nitrogens is 3. The molecule has 3 aromatic heterocycles. The topological polar surface area (TPSA) is 85.3 Å². The van der Waals surface area contributed by atoms with Gasteiger partial charge in [0.05, 0.1) is 28.7 Å². The zero-order valence-corrected chi connectivity index (χ0v) is 19.6. The highest BCUT2D eigenvalue weighted by atomic mass is 35.5. The van der Waals surface area contributed by atoms with Gasteiger partial charge in [0.1, 0.15) is 11.3 Å². The molecule has 1 N–H and O–H groups in total. The van der Waals surface area contributed by atoms with Gasteiger partial charge in [-0.3, -0.25) is 10.4 Å². The van der Waals surface area contributed by atoms with E-state index in [-0.39, 0.29) is 0 Å². The monoisotopic (exact) mass is 491 g/mol. The summed E-state index contributed by atoms with van der Waals surface area (Å²) in [6, 6.07) is 26.2. The van der Waals surface area contributed by atoms with Crippen LogP contribution in [0.2, 0.25) is 5.02 Å². The van der Waals surface area contributed by atoms with E-state index in [0.29, 0.717) is 27.4 Å². The molecule has 3 heterocycles. The van der Waals surface area contributed by atoms with Crippen LogP contribution in [-0.4, -0.2) is 21.0 Å². The van der Waals surface area contributed by atoms with Gasteiger partial charge >= 0.3 is 5.63 Å². The number of fused-ring (bicyclic) bond motifs is 2. The average Bonchev–Trinajstić information content (AvgIpc) is 3.32. The number of halogens is 1. The Kier molecular flexibility index (Phi) is 5.52. The Labute approximate surface area is 210 Å². The molecule has 0 atom stereocenters. The summed E-state index contributed by atoms with van der Waals surface area (Å²) in [6.45, 7) is 0. The SMILES string of the molecule is O=c1oc2ccccc2cc1-c1nn(-c2ccccc2)cc1/C=N\Nc1ccnc2cc(Cl)ccc12. The number of nitrogens with one attached hydrogen (secondary N) is 1. The number of anilines is 1. The van der Waals surface area contributed by atoms with Gasteiger partial charge in [0.15, 0.2) is 0 Å². The van der Waals surface area contributed by atoms with E-state index in [1.165, 1.54) is 0 Å². The van der Waals surface area contributed by atoms with Gasteiger partial charge < -0.3 is 4.42 Å². The van der Waals surface area contributed by atoms with Gasteiger partial charge in [0, 0.05) is 33.8 Å². The standard InChI is InChI=1S/C28H18ClN5O2/c29-20-10-11-22-24(12-13-30-25(22)15-20)32-31-16-19-17-34(21-7-2-1-3-8-21)33-27(19)23-14-18-6-4-5-9-26(18)36-28(23)35/h1-17H,(H,30,32)/b31-16-. The van der Waals surface area contributed by atoms with Gasteiger partial charge in [-0.2, -0.15) is 10.2 Å². The lowest BCUT2D eigenvalue weighted by Gasteiger charge is -2.05. The molecule has 0 spiro atoms. The van der Waals surface area contributed by atoms with Crippen molar-refractivity contribution < 1.29 is 4.42 Å². The Bertz CT molecular complexity index is 1810. The molecule has 6 rings (SSSR count). The van der Waals surface area contributed by atoms with Crippen LogP contribution in [0.15, 0.2) is 112 Å². The number of rotatable bonds is 5. The zero-order valence-electron chi connectivity index (χ0n) is 18.8. The second-order valence-corrected chi connectivity index (χ2v) is 8.52. The molecule has 8 heteroatoms. The van der Waals surface area contributed by atoms with Crippen LogP contribution in [0.1, 0.15) is 5.56 Å². The van der Waals surface area contributed by atoms with Crippen molar-refractivity contribution in [3.8, 4) is 16.9 Å². The largest absolute Gasteiger partial charge is 0.422 e. The molecule has 7 nitrogen and oxygen atoms in total. The van der Waals surface area contributed by atoms with E-state index >= 15 is 0 Å². The molecule has 0 aliphatic carbocycles. The summed E-state index contributed by atoms with van der Waals surface area (Å²) in [6.07, 6.45) is 5.16. The fourth-order valence-corrected chi connectivity index (χ4v) is 4.19. The molecular formula is C28H18ClN5O2. The van der Waals surface area contributed by atoms with E-state index in [4.69, 9.17) is 21.1 Å². The van der Waals surface area contributed by atoms with Crippen molar-refractivity contribution in [2.24, 2.45) is 5.10 Å². The quantitative estimate of drug-likeness (QED) is 0.174. The summed E-state index contributed by atoms with van der Waals surface area (Å²) in [5.41, 5.74) is 6.99. The first-order chi connectivity index (χ1) is 17.7. The van der Waals surface area contributed by atoms with Crippen LogP contribution in [0.5, 0.6) is 0 Å². The lowest BCUT2D eigenvalue weighted by molar-refractivity contribution is 0.563. The maximum Gasteiger partial charge on any atom is 0.345 e. The van der Waals surface area contributed by atoms with Gasteiger partial charge in [-0.15, -0.1) is 0 Å². The molecule has 0 saturated heterocycles. The smallest absolute Gasteiger partial charge is 0.345 e. The molecule has 0 amide bonds. The van der Waals surface area contributed by atoms with E-state index in [2.05, 4.69) is 15.5 Å². The van der Waals surface area contributed by atoms with Crippen LogP contribution in [0.3, 0.4) is 0 Å². The van der Waals surface area contributed by atoms with E-state index < -0.39 is 5.63 Å². The van der Waals surface area contributed by atoms with Gasteiger partial charge in [0.25, 0.3) is 0 Å². The summed E-state index contributed by atoms with van der Waals surface area (Å²) < 4.78 is 7.28. The second-order valence-electron chi connectivity index (χ2n) is 8.09. The van der Waals surface area contributed by atoms with Crippen LogP contribution < -0.4 is 11.1 Å². The lowest BCUT2D eigenvalue weighted by atomic mass is 10.1. The normalized spacial score (nSPS) is 11.5. The summed E-state index contributed by atoms with van der Waals surface area (Å²) in [5.74, 6) is 0. The van der Waals surface area contributed by atoms with Gasteiger partial charge in [-0.25, -0.2) is 9.48 Å². The predicted octanol–water partition coefficient (Wildman–Crippen LogP) is 6.29. The summed E-state index contributed by atoms with van der Waals surface area (Å²) in [7, 11) is 0. The molecule has 174 valence electrons. The highest BCUT2D eigenvalue weighted by Gasteiger charge is 2.16. The maximum atomic E-state index is 12.9. The first-order valence-corrected chi connectivity index (χ1v) is 11.6. The Morgan fingerprint density at radius 1 is 0.972 bits per heavy atom. The van der Waals surface area contributed by atoms with Crippen molar-refractivity contribution >= 4 is 45.4 Å². The summed E-state index contributed by atoms with van der Waals surface area (Å²) in [4.78, 5) is 17.3. The van der Waals surface area contributed by atoms with Crippen molar-refractivity contribution in [2.75, 3.05) is 5.43 Å². The maximum absolute atomic E-state index is 12.9. The Morgan fingerprint density at radius 3 is 2.69 bits per heavy atom. The van der Waals surface area contributed by atoms with Crippen molar-refractivity contribution in [3.05, 3.63) is 118 Å². The summed E-state index contributed by atoms with van der Waals surface area (Å²) >= 11 is 6.10. The minimum atomic E-state index is -0.466. The van der Waals surface area contributed by atoms with Gasteiger partial charge in [-0.1, -0.05) is 48.0 Å². The number of hydrogen-bond donors (Lipinski definition) is 1. The van der Waals surface area contributed by atoms with E-state index in [1.54, 1.807) is 35.3 Å². The molecule has 0 aliphatic heterocycles. The lowest BCUT2D eigenvalue weighted by Crippen LogP contribution is -2.05. The van der Waals surface area contributed by atoms with Crippen LogP contribution >= 0.6 is 11.6 Å². The van der Waals surface area contributed by atoms with Crippen LogP contribution in [0.4, 0.5) is 5.69 Å². The number of hydrogen-bond acceptors (Lipinski definition) is 6. The van der Waals surface area contributed by atoms with Crippen molar-refractivity contribution in [3.63, 3.8) is 0 Å². The highest BCUT2D eigenvalue weighted by molar-refractivity contribution is 6.31. The molecule has 3 aromatic carbocycles. The molecule has 0 saturated carbocycles. The predicted molar refractivity (Wildman–Crippen MR) is 143 cm³/mol. The minimum Gasteiger partial charge on any atom is -0.422 e. The molecule has 0 fully saturated rings. The van der Waals surface area contributed by atoms with Crippen molar-refractivity contribution in [2.45, 2.75) is 0 Å². The number of para-hydroxylation sites is 2. The average molecular weight is 492 g/mol. The molecule has 6 aromatic rings. The fourth-order valence-electron chi connectivity index (χ4n) is 4.02. The molecule has 0 unspecified atom stereocenters. The number of pyridine rings is 1. The van der Waals surface area contributed by atoms with Crippen LogP contribution in [0.25, 0.3) is 38.8 Å². The molecule has 36 heavy (non-hydrogen) atoms. The minimum absolute atomic E-state index is 0.355. The molecular weight excluding hydrogens is 474 g/mol.